The Balaban J connectivity index is 2.63. The van der Waals surface area contributed by atoms with Gasteiger partial charge in [-0.05, 0) is 62.5 Å². The fraction of sp³-hybridized carbons (Fsp3) is 0.231. The van der Waals surface area contributed by atoms with Gasteiger partial charge in [-0.25, -0.2) is 0 Å². The van der Waals surface area contributed by atoms with Crippen molar-refractivity contribution in [1.82, 2.24) is 16.2 Å². The summed E-state index contributed by atoms with van der Waals surface area (Å²) in [5.41, 5.74) is 7.00. The highest BCUT2D eigenvalue weighted by atomic mass is 32.2. The van der Waals surface area contributed by atoms with Crippen LogP contribution in [0.15, 0.2) is 39.4 Å². The number of hydrazone groups is 2. The molecule has 0 bridgehead atoms. The molecule has 0 saturated heterocycles. The quantitative estimate of drug-likeness (QED) is 0.213. The summed E-state index contributed by atoms with van der Waals surface area (Å²) >= 11 is 9.99. The van der Waals surface area contributed by atoms with E-state index in [1.807, 2.05) is 0 Å². The van der Waals surface area contributed by atoms with Crippen LogP contribution in [0.3, 0.4) is 0 Å². The lowest BCUT2D eigenvalue weighted by Crippen LogP contribution is -2.30. The topological polar surface area (TPSA) is 127 Å². The smallest absolute Gasteiger partial charge is 0.294 e. The van der Waals surface area contributed by atoms with Crippen molar-refractivity contribution in [3.8, 4) is 0 Å². The Bertz CT molecular complexity index is 803. The number of hydrogen-bond acceptors (Lipinski definition) is 6. The second kappa shape index (κ2) is 9.36. The van der Waals surface area contributed by atoms with Crippen LogP contribution in [0.4, 0.5) is 5.69 Å². The van der Waals surface area contributed by atoms with Crippen molar-refractivity contribution < 1.29 is 13.0 Å². The third-order valence-electron chi connectivity index (χ3n) is 2.81. The molecule has 1 aromatic rings. The van der Waals surface area contributed by atoms with Crippen LogP contribution < -0.4 is 21.5 Å². The Morgan fingerprint density at radius 2 is 1.48 bits per heavy atom. The molecule has 0 aromatic heterocycles. The van der Waals surface area contributed by atoms with Crippen LogP contribution >= 0.6 is 24.4 Å². The van der Waals surface area contributed by atoms with Gasteiger partial charge in [-0.15, -0.1) is 0 Å². The predicted octanol–water partition coefficient (Wildman–Crippen LogP) is 1.07. The molecule has 25 heavy (non-hydrogen) atoms. The van der Waals surface area contributed by atoms with Crippen LogP contribution in [0.2, 0.25) is 0 Å². The molecule has 0 aliphatic carbocycles. The summed E-state index contributed by atoms with van der Waals surface area (Å²) < 4.78 is 30.9. The van der Waals surface area contributed by atoms with Crippen LogP contribution in [0.25, 0.3) is 0 Å². The number of nitrogens with zero attached hydrogens (tertiary/aromatic N) is 2. The number of hydrogen-bond donors (Lipinski definition) is 5. The molecule has 9 nitrogen and oxygen atoms in total. The standard InChI is InChI=1S/C13H18N6O3S3/c1-8(16-18-12(23)14-3)9(2)17-19-13(24)15-10-4-6-11(7-5-10)25(20,21)22/h4-7H,1-3H3,(H2,14,18,23)(H2,15,19,24)(H,20,21,22). The normalized spacial score (nSPS) is 12.3. The van der Waals surface area contributed by atoms with E-state index < -0.39 is 10.1 Å². The fourth-order valence-corrected chi connectivity index (χ4v) is 2.05. The van der Waals surface area contributed by atoms with Crippen LogP contribution in [-0.2, 0) is 10.1 Å². The summed E-state index contributed by atoms with van der Waals surface area (Å²) in [5, 5.41) is 14.2. The molecular weight excluding hydrogens is 384 g/mol. The zero-order valence-corrected chi connectivity index (χ0v) is 16.1. The SMILES string of the molecule is CNC(=S)NN=C(C)C(C)=NNC(=S)Nc1ccc(S(=O)(=O)O)cc1. The lowest BCUT2D eigenvalue weighted by atomic mass is 10.3. The van der Waals surface area contributed by atoms with Crippen molar-refractivity contribution in [3.05, 3.63) is 24.3 Å². The zero-order valence-electron chi connectivity index (χ0n) is 13.7. The van der Waals surface area contributed by atoms with Gasteiger partial charge in [0.15, 0.2) is 10.2 Å². The van der Waals surface area contributed by atoms with Crippen LogP contribution in [0, 0.1) is 0 Å². The van der Waals surface area contributed by atoms with E-state index in [0.29, 0.717) is 22.2 Å². The van der Waals surface area contributed by atoms with E-state index >= 15 is 0 Å². The van der Waals surface area contributed by atoms with Crippen molar-refractivity contribution in [2.45, 2.75) is 18.7 Å². The summed E-state index contributed by atoms with van der Waals surface area (Å²) in [6.07, 6.45) is 0. The first-order valence-electron chi connectivity index (χ1n) is 6.84. The largest absolute Gasteiger partial charge is 0.364 e. The van der Waals surface area contributed by atoms with E-state index in [4.69, 9.17) is 29.0 Å². The van der Waals surface area contributed by atoms with Crippen molar-refractivity contribution in [2.24, 2.45) is 10.2 Å². The molecule has 0 heterocycles. The molecule has 0 radical (unpaired) electrons. The van der Waals surface area contributed by atoms with Crippen molar-refractivity contribution >= 4 is 61.9 Å². The van der Waals surface area contributed by atoms with Gasteiger partial charge in [0.1, 0.15) is 0 Å². The van der Waals surface area contributed by atoms with E-state index in [9.17, 15) is 8.42 Å². The number of rotatable bonds is 5. The van der Waals surface area contributed by atoms with E-state index in [-0.39, 0.29) is 10.0 Å². The van der Waals surface area contributed by atoms with Crippen LogP contribution in [0.1, 0.15) is 13.8 Å². The summed E-state index contributed by atoms with van der Waals surface area (Å²) in [4.78, 5) is -0.204. The molecule has 5 N–H and O–H groups in total. The van der Waals surface area contributed by atoms with E-state index in [1.54, 1.807) is 20.9 Å². The second-order valence-electron chi connectivity index (χ2n) is 4.65. The van der Waals surface area contributed by atoms with Gasteiger partial charge in [-0.3, -0.25) is 15.4 Å². The van der Waals surface area contributed by atoms with Crippen LogP contribution in [0.5, 0.6) is 0 Å². The van der Waals surface area contributed by atoms with E-state index in [1.165, 1.54) is 24.3 Å². The van der Waals surface area contributed by atoms with Gasteiger partial charge in [-0.2, -0.15) is 18.6 Å². The summed E-state index contributed by atoms with van der Waals surface area (Å²) in [6.45, 7) is 3.48. The molecule has 0 saturated carbocycles. The number of nitrogens with one attached hydrogen (secondary N) is 4. The lowest BCUT2D eigenvalue weighted by molar-refractivity contribution is 0.483. The van der Waals surface area contributed by atoms with Crippen molar-refractivity contribution in [3.63, 3.8) is 0 Å². The Hall–Kier alpha value is -2.15. The average molecular weight is 403 g/mol. The first kappa shape index (κ1) is 20.9. The minimum absolute atomic E-state index is 0.200. The Labute approximate surface area is 156 Å². The van der Waals surface area contributed by atoms with Crippen molar-refractivity contribution in [2.75, 3.05) is 12.4 Å². The van der Waals surface area contributed by atoms with E-state index in [0.717, 1.165) is 0 Å². The lowest BCUT2D eigenvalue weighted by Gasteiger charge is -2.08. The molecule has 0 atom stereocenters. The minimum atomic E-state index is -4.22. The second-order valence-corrected chi connectivity index (χ2v) is 6.89. The summed E-state index contributed by atoms with van der Waals surface area (Å²) in [7, 11) is -2.55. The monoisotopic (exact) mass is 402 g/mol. The first-order valence-corrected chi connectivity index (χ1v) is 9.10. The molecule has 136 valence electrons. The third-order valence-corrected chi connectivity index (χ3v) is 4.17. The van der Waals surface area contributed by atoms with Gasteiger partial charge in [0.05, 0.1) is 16.3 Å². The third kappa shape index (κ3) is 7.51. The predicted molar refractivity (Wildman–Crippen MR) is 107 cm³/mol. The maximum atomic E-state index is 11.0. The number of thiocarbonyl (C=S) groups is 2. The average Bonchev–Trinajstić information content (AvgIpc) is 2.56. The van der Waals surface area contributed by atoms with E-state index in [2.05, 4.69) is 31.7 Å². The first-order chi connectivity index (χ1) is 11.6. The maximum absolute atomic E-state index is 11.0. The number of anilines is 1. The molecule has 0 aliphatic heterocycles. The fourth-order valence-electron chi connectivity index (χ4n) is 1.36. The van der Waals surface area contributed by atoms with Gasteiger partial charge in [0, 0.05) is 12.7 Å². The molecule has 0 fully saturated rings. The molecule has 0 spiro atoms. The highest BCUT2D eigenvalue weighted by Crippen LogP contribution is 2.13. The Morgan fingerprint density at radius 1 is 1.00 bits per heavy atom. The molecule has 12 heteroatoms. The molecule has 0 aliphatic rings. The van der Waals surface area contributed by atoms with Gasteiger partial charge < -0.3 is 10.6 Å². The van der Waals surface area contributed by atoms with Gasteiger partial charge >= 0.3 is 0 Å². The van der Waals surface area contributed by atoms with Crippen LogP contribution in [-0.4, -0.2) is 41.7 Å². The highest BCUT2D eigenvalue weighted by Gasteiger charge is 2.08. The minimum Gasteiger partial charge on any atom is -0.364 e. The van der Waals surface area contributed by atoms with Gasteiger partial charge in [0.2, 0.25) is 0 Å². The number of benzene rings is 1. The Kier molecular flexibility index (Phi) is 7.83. The molecule has 1 aromatic carbocycles. The van der Waals surface area contributed by atoms with Crippen molar-refractivity contribution in [1.29, 1.82) is 0 Å². The van der Waals surface area contributed by atoms with Gasteiger partial charge in [-0.1, -0.05) is 0 Å². The maximum Gasteiger partial charge on any atom is 0.294 e. The molecule has 0 unspecified atom stereocenters. The Morgan fingerprint density at radius 3 is 1.92 bits per heavy atom. The summed E-state index contributed by atoms with van der Waals surface area (Å²) in [6, 6.07) is 5.43. The zero-order chi connectivity index (χ0) is 19.0. The molecule has 1 rings (SSSR count). The molecule has 0 amide bonds. The highest BCUT2D eigenvalue weighted by molar-refractivity contribution is 7.85. The molecular formula is C13H18N6O3S3. The summed E-state index contributed by atoms with van der Waals surface area (Å²) in [5.74, 6) is 0. The van der Waals surface area contributed by atoms with Gasteiger partial charge in [0.25, 0.3) is 10.1 Å².